The topological polar surface area (TPSA) is 38.0 Å². The summed E-state index contributed by atoms with van der Waals surface area (Å²) < 4.78 is 26.0. The maximum atomic E-state index is 13.2. The molecule has 13 heavy (non-hydrogen) atoms. The molecule has 70 valence electrons. The van der Waals surface area contributed by atoms with Gasteiger partial charge in [0.05, 0.1) is 5.54 Å². The summed E-state index contributed by atoms with van der Waals surface area (Å²) in [5.74, 6) is -0.890. The highest BCUT2D eigenvalue weighted by molar-refractivity contribution is 5.30. The number of rotatable bonds is 1. The Labute approximate surface area is 74.7 Å². The molecule has 0 aliphatic carbocycles. The van der Waals surface area contributed by atoms with E-state index in [4.69, 9.17) is 5.73 Å². The summed E-state index contributed by atoms with van der Waals surface area (Å²) >= 11 is 0. The largest absolute Gasteiger partial charge is 0.319 e. The van der Waals surface area contributed by atoms with E-state index in [0.29, 0.717) is 13.1 Å². The van der Waals surface area contributed by atoms with E-state index >= 15 is 0 Å². The van der Waals surface area contributed by atoms with Crippen molar-refractivity contribution in [3.8, 4) is 0 Å². The Morgan fingerprint density at radius 1 is 1.31 bits per heavy atom. The number of hydrogen-bond donors (Lipinski definition) is 2. The van der Waals surface area contributed by atoms with Crippen molar-refractivity contribution in [2.45, 2.75) is 5.54 Å². The molecule has 0 radical (unpaired) electrons. The second kappa shape index (κ2) is 2.75. The molecular weight excluding hydrogens is 174 g/mol. The molecule has 1 heterocycles. The Kier molecular flexibility index (Phi) is 1.82. The first-order chi connectivity index (χ1) is 6.12. The van der Waals surface area contributed by atoms with Gasteiger partial charge in [-0.05, 0) is 18.2 Å². The van der Waals surface area contributed by atoms with Gasteiger partial charge in [0, 0.05) is 18.7 Å². The molecule has 4 heteroatoms. The Hall–Kier alpha value is -1.00. The molecule has 1 aliphatic heterocycles. The maximum absolute atomic E-state index is 13.2. The summed E-state index contributed by atoms with van der Waals surface area (Å²) in [6.07, 6.45) is 0. The molecule has 3 N–H and O–H groups in total. The third kappa shape index (κ3) is 1.32. The molecule has 2 nitrogen and oxygen atoms in total. The van der Waals surface area contributed by atoms with Crippen LogP contribution in [0.1, 0.15) is 5.56 Å². The van der Waals surface area contributed by atoms with Gasteiger partial charge in [-0.1, -0.05) is 0 Å². The summed E-state index contributed by atoms with van der Waals surface area (Å²) in [7, 11) is 0. The van der Waals surface area contributed by atoms with Crippen molar-refractivity contribution in [3.05, 3.63) is 35.4 Å². The van der Waals surface area contributed by atoms with Gasteiger partial charge < -0.3 is 11.1 Å². The van der Waals surface area contributed by atoms with E-state index in [2.05, 4.69) is 5.32 Å². The van der Waals surface area contributed by atoms with E-state index < -0.39 is 17.2 Å². The van der Waals surface area contributed by atoms with Gasteiger partial charge in [-0.15, -0.1) is 0 Å². The zero-order chi connectivity index (χ0) is 9.47. The predicted molar refractivity (Wildman–Crippen MR) is 45.1 cm³/mol. The van der Waals surface area contributed by atoms with Crippen molar-refractivity contribution in [2.75, 3.05) is 13.1 Å². The highest BCUT2D eigenvalue weighted by atomic mass is 19.1. The van der Waals surface area contributed by atoms with Crippen molar-refractivity contribution in [3.63, 3.8) is 0 Å². The van der Waals surface area contributed by atoms with E-state index in [1.165, 1.54) is 0 Å². The van der Waals surface area contributed by atoms with Gasteiger partial charge in [0.25, 0.3) is 0 Å². The highest BCUT2D eigenvalue weighted by Crippen LogP contribution is 2.25. The standard InChI is InChI=1S/C9H10F2N2/c10-6-1-2-8(11)7(3-6)9(12)4-13-5-9/h1-3,13H,4-5,12H2. The summed E-state index contributed by atoms with van der Waals surface area (Å²) in [4.78, 5) is 0. The van der Waals surface area contributed by atoms with E-state index in [0.717, 1.165) is 18.2 Å². The maximum Gasteiger partial charge on any atom is 0.128 e. The summed E-state index contributed by atoms with van der Waals surface area (Å²) in [5, 5.41) is 2.93. The zero-order valence-corrected chi connectivity index (χ0v) is 6.98. The van der Waals surface area contributed by atoms with Crippen molar-refractivity contribution >= 4 is 0 Å². The van der Waals surface area contributed by atoms with E-state index in [9.17, 15) is 8.78 Å². The quantitative estimate of drug-likeness (QED) is 0.675. The average molecular weight is 184 g/mol. The molecule has 0 amide bonds. The molecule has 0 bridgehead atoms. The Bertz CT molecular complexity index is 334. The number of hydrogen-bond acceptors (Lipinski definition) is 2. The van der Waals surface area contributed by atoms with Gasteiger partial charge in [0.1, 0.15) is 11.6 Å². The van der Waals surface area contributed by atoms with Crippen molar-refractivity contribution in [1.82, 2.24) is 5.32 Å². The Balaban J connectivity index is 2.43. The van der Waals surface area contributed by atoms with Crippen LogP contribution >= 0.6 is 0 Å². The van der Waals surface area contributed by atoms with Crippen LogP contribution in [0.2, 0.25) is 0 Å². The van der Waals surface area contributed by atoms with Gasteiger partial charge in [-0.2, -0.15) is 0 Å². The molecule has 1 aromatic rings. The molecule has 1 saturated heterocycles. The Morgan fingerprint density at radius 2 is 2.00 bits per heavy atom. The molecule has 1 fully saturated rings. The molecule has 0 saturated carbocycles. The van der Waals surface area contributed by atoms with Crippen molar-refractivity contribution in [2.24, 2.45) is 5.73 Å². The van der Waals surface area contributed by atoms with E-state index in [-0.39, 0.29) is 5.56 Å². The number of nitrogens with two attached hydrogens (primary N) is 1. The fourth-order valence-electron chi connectivity index (χ4n) is 1.46. The first-order valence-corrected chi connectivity index (χ1v) is 4.07. The molecular formula is C9H10F2N2. The minimum absolute atomic E-state index is 0.256. The zero-order valence-electron chi connectivity index (χ0n) is 6.98. The molecule has 2 rings (SSSR count). The van der Waals surface area contributed by atoms with Crippen LogP contribution in [0.4, 0.5) is 8.78 Å². The average Bonchev–Trinajstić information content (AvgIpc) is 2.05. The summed E-state index contributed by atoms with van der Waals surface area (Å²) in [6.45, 7) is 0.987. The normalized spacial score (nSPS) is 19.6. The molecule has 0 spiro atoms. The minimum atomic E-state index is -0.730. The van der Waals surface area contributed by atoms with Crippen LogP contribution in [0.25, 0.3) is 0 Å². The second-order valence-corrected chi connectivity index (χ2v) is 3.38. The molecule has 0 aromatic heterocycles. The lowest BCUT2D eigenvalue weighted by atomic mass is 9.85. The van der Waals surface area contributed by atoms with Crippen LogP contribution in [-0.4, -0.2) is 13.1 Å². The van der Waals surface area contributed by atoms with Crippen LogP contribution < -0.4 is 11.1 Å². The highest BCUT2D eigenvalue weighted by Gasteiger charge is 2.36. The van der Waals surface area contributed by atoms with Crippen LogP contribution in [0.5, 0.6) is 0 Å². The lowest BCUT2D eigenvalue weighted by molar-refractivity contribution is 0.276. The van der Waals surface area contributed by atoms with Crippen molar-refractivity contribution in [1.29, 1.82) is 0 Å². The number of nitrogens with one attached hydrogen (secondary N) is 1. The lowest BCUT2D eigenvalue weighted by Gasteiger charge is -2.39. The van der Waals surface area contributed by atoms with E-state index in [1.807, 2.05) is 0 Å². The van der Waals surface area contributed by atoms with Crippen LogP contribution in [0.15, 0.2) is 18.2 Å². The van der Waals surface area contributed by atoms with Crippen LogP contribution in [0, 0.1) is 11.6 Å². The SMILES string of the molecule is NC1(c2cc(F)ccc2F)CNC1. The smallest absolute Gasteiger partial charge is 0.128 e. The van der Waals surface area contributed by atoms with E-state index in [1.54, 1.807) is 0 Å². The summed E-state index contributed by atoms with van der Waals surface area (Å²) in [6, 6.07) is 3.36. The first kappa shape index (κ1) is 8.59. The number of benzene rings is 1. The third-order valence-electron chi connectivity index (χ3n) is 2.35. The Morgan fingerprint density at radius 3 is 2.54 bits per heavy atom. The van der Waals surface area contributed by atoms with Gasteiger partial charge in [-0.3, -0.25) is 0 Å². The van der Waals surface area contributed by atoms with Gasteiger partial charge >= 0.3 is 0 Å². The third-order valence-corrected chi connectivity index (χ3v) is 2.35. The van der Waals surface area contributed by atoms with Gasteiger partial charge in [0.15, 0.2) is 0 Å². The monoisotopic (exact) mass is 184 g/mol. The predicted octanol–water partition coefficient (Wildman–Crippen LogP) is 0.722. The fraction of sp³-hybridized carbons (Fsp3) is 0.333. The van der Waals surface area contributed by atoms with Crippen molar-refractivity contribution < 1.29 is 8.78 Å². The minimum Gasteiger partial charge on any atom is -0.319 e. The summed E-state index contributed by atoms with van der Waals surface area (Å²) in [5.41, 5.74) is 5.35. The lowest BCUT2D eigenvalue weighted by Crippen LogP contribution is -2.63. The van der Waals surface area contributed by atoms with Crippen LogP contribution in [0.3, 0.4) is 0 Å². The van der Waals surface area contributed by atoms with Gasteiger partial charge in [0.2, 0.25) is 0 Å². The number of halogens is 2. The molecule has 0 atom stereocenters. The fourth-order valence-corrected chi connectivity index (χ4v) is 1.46. The first-order valence-electron chi connectivity index (χ1n) is 4.07. The molecule has 1 aromatic carbocycles. The molecule has 1 aliphatic rings. The molecule has 0 unspecified atom stereocenters. The van der Waals surface area contributed by atoms with Crippen LogP contribution in [-0.2, 0) is 5.54 Å². The second-order valence-electron chi connectivity index (χ2n) is 3.38. The van der Waals surface area contributed by atoms with Gasteiger partial charge in [-0.25, -0.2) is 8.78 Å².